The van der Waals surface area contributed by atoms with Crippen LogP contribution in [-0.2, 0) is 6.54 Å². The minimum atomic E-state index is -0.410. The summed E-state index contributed by atoms with van der Waals surface area (Å²) >= 11 is 8.18. The van der Waals surface area contributed by atoms with E-state index in [1.54, 1.807) is 16.9 Å². The van der Waals surface area contributed by atoms with Crippen molar-refractivity contribution in [2.75, 3.05) is 0 Å². The lowest BCUT2D eigenvalue weighted by Gasteiger charge is -2.16. The summed E-state index contributed by atoms with van der Waals surface area (Å²) < 4.78 is 15.6. The van der Waals surface area contributed by atoms with Gasteiger partial charge in [-0.3, -0.25) is 4.68 Å². The van der Waals surface area contributed by atoms with E-state index in [1.165, 1.54) is 12.1 Å². The van der Waals surface area contributed by atoms with Gasteiger partial charge >= 0.3 is 0 Å². The van der Waals surface area contributed by atoms with Crippen molar-refractivity contribution in [2.45, 2.75) is 19.5 Å². The second-order valence-corrected chi connectivity index (χ2v) is 5.41. The van der Waals surface area contributed by atoms with Crippen LogP contribution >= 0.6 is 34.2 Å². The summed E-state index contributed by atoms with van der Waals surface area (Å²) in [6, 6.07) is 4.13. The monoisotopic (exact) mass is 379 g/mol. The Hall–Kier alpha value is -0.660. The van der Waals surface area contributed by atoms with Crippen molar-refractivity contribution >= 4 is 34.2 Å². The molecule has 2 N–H and O–H groups in total. The molecule has 0 saturated carbocycles. The number of nitrogens with zero attached hydrogens (tertiary/aromatic N) is 2. The van der Waals surface area contributed by atoms with Gasteiger partial charge in [-0.25, -0.2) is 4.39 Å². The molecule has 0 aliphatic carbocycles. The Labute approximate surface area is 123 Å². The van der Waals surface area contributed by atoms with Crippen LogP contribution in [0.4, 0.5) is 4.39 Å². The first kappa shape index (κ1) is 13.8. The Balaban J connectivity index is 2.47. The van der Waals surface area contributed by atoms with Gasteiger partial charge in [0, 0.05) is 10.1 Å². The molecule has 0 radical (unpaired) electrons. The van der Waals surface area contributed by atoms with Crippen molar-refractivity contribution in [3.8, 4) is 0 Å². The second-order valence-electron chi connectivity index (χ2n) is 3.84. The van der Waals surface area contributed by atoms with Crippen LogP contribution in [0.25, 0.3) is 0 Å². The fourth-order valence-electron chi connectivity index (χ4n) is 1.83. The number of benzene rings is 1. The second kappa shape index (κ2) is 5.54. The molecule has 1 aromatic heterocycles. The van der Waals surface area contributed by atoms with Gasteiger partial charge in [0.25, 0.3) is 0 Å². The van der Waals surface area contributed by atoms with Crippen LogP contribution < -0.4 is 5.73 Å². The van der Waals surface area contributed by atoms with E-state index in [0.717, 1.165) is 14.8 Å². The van der Waals surface area contributed by atoms with E-state index >= 15 is 0 Å². The van der Waals surface area contributed by atoms with E-state index in [9.17, 15) is 4.39 Å². The Kier molecular flexibility index (Phi) is 4.24. The lowest BCUT2D eigenvalue weighted by Crippen LogP contribution is -2.18. The number of aromatic nitrogens is 2. The summed E-state index contributed by atoms with van der Waals surface area (Å²) in [6.45, 7) is 2.66. The average molecular weight is 380 g/mol. The molecule has 18 heavy (non-hydrogen) atoms. The maximum absolute atomic E-state index is 13.1. The summed E-state index contributed by atoms with van der Waals surface area (Å²) in [5.41, 5.74) is 7.81. The highest BCUT2D eigenvalue weighted by molar-refractivity contribution is 14.1. The largest absolute Gasteiger partial charge is 0.319 e. The molecule has 1 atom stereocenters. The van der Waals surface area contributed by atoms with Crippen LogP contribution in [0.5, 0.6) is 0 Å². The number of hydrogen-bond donors (Lipinski definition) is 1. The zero-order valence-corrected chi connectivity index (χ0v) is 12.6. The first-order chi connectivity index (χ1) is 8.54. The van der Waals surface area contributed by atoms with Crippen molar-refractivity contribution in [3.05, 3.63) is 50.1 Å². The van der Waals surface area contributed by atoms with E-state index in [1.807, 2.05) is 6.92 Å². The summed E-state index contributed by atoms with van der Waals surface area (Å²) in [7, 11) is 0. The molecule has 1 aromatic carbocycles. The normalized spacial score (nSPS) is 12.7. The minimum absolute atomic E-state index is 0.273. The molecule has 3 nitrogen and oxygen atoms in total. The number of halogens is 3. The molecule has 1 unspecified atom stereocenters. The lowest BCUT2D eigenvalue weighted by molar-refractivity contribution is 0.597. The maximum atomic E-state index is 13.1. The van der Waals surface area contributed by atoms with Gasteiger partial charge in [-0.05, 0) is 47.2 Å². The van der Waals surface area contributed by atoms with Crippen LogP contribution in [0.3, 0.4) is 0 Å². The van der Waals surface area contributed by atoms with Crippen molar-refractivity contribution in [1.82, 2.24) is 9.78 Å². The van der Waals surface area contributed by atoms with Gasteiger partial charge in [-0.1, -0.05) is 17.7 Å². The third kappa shape index (κ3) is 2.53. The van der Waals surface area contributed by atoms with Crippen molar-refractivity contribution in [1.29, 1.82) is 0 Å². The molecule has 0 aliphatic rings. The highest BCUT2D eigenvalue weighted by Gasteiger charge is 2.20. The molecule has 2 rings (SSSR count). The van der Waals surface area contributed by atoms with Crippen LogP contribution in [0, 0.1) is 9.39 Å². The first-order valence-corrected chi connectivity index (χ1v) is 6.92. The zero-order chi connectivity index (χ0) is 13.3. The van der Waals surface area contributed by atoms with Crippen LogP contribution in [0.15, 0.2) is 24.4 Å². The van der Waals surface area contributed by atoms with Crippen molar-refractivity contribution in [3.63, 3.8) is 0 Å². The fraction of sp³-hybridized carbons (Fsp3) is 0.250. The Morgan fingerprint density at radius 2 is 2.28 bits per heavy atom. The van der Waals surface area contributed by atoms with Gasteiger partial charge in [0.15, 0.2) is 0 Å². The molecule has 0 spiro atoms. The topological polar surface area (TPSA) is 43.8 Å². The number of aryl methyl sites for hydroxylation is 1. The average Bonchev–Trinajstić information content (AvgIpc) is 2.69. The zero-order valence-electron chi connectivity index (χ0n) is 9.70. The van der Waals surface area contributed by atoms with Crippen LogP contribution in [0.2, 0.25) is 5.02 Å². The molecule has 0 amide bonds. The minimum Gasteiger partial charge on any atom is -0.319 e. The summed E-state index contributed by atoms with van der Waals surface area (Å²) in [5, 5.41) is 4.69. The lowest BCUT2D eigenvalue weighted by atomic mass is 10.0. The van der Waals surface area contributed by atoms with E-state index in [0.29, 0.717) is 11.6 Å². The smallest absolute Gasteiger partial charge is 0.124 e. The summed E-state index contributed by atoms with van der Waals surface area (Å²) in [6.07, 6.45) is 1.58. The van der Waals surface area contributed by atoms with Gasteiger partial charge < -0.3 is 5.73 Å². The van der Waals surface area contributed by atoms with Crippen LogP contribution in [-0.4, -0.2) is 9.78 Å². The van der Waals surface area contributed by atoms with Gasteiger partial charge in [-0.2, -0.15) is 5.10 Å². The number of hydrogen-bond acceptors (Lipinski definition) is 2. The Bertz CT molecular complexity index is 570. The van der Waals surface area contributed by atoms with Gasteiger partial charge in [0.1, 0.15) is 5.82 Å². The van der Waals surface area contributed by atoms with Gasteiger partial charge in [0.2, 0.25) is 0 Å². The predicted octanol–water partition coefficient (Wildman–Crippen LogP) is 3.35. The predicted molar refractivity (Wildman–Crippen MR) is 78.1 cm³/mol. The molecular formula is C12H12ClFIN3. The van der Waals surface area contributed by atoms with E-state index in [2.05, 4.69) is 27.7 Å². The van der Waals surface area contributed by atoms with E-state index in [4.69, 9.17) is 17.3 Å². The highest BCUT2D eigenvalue weighted by atomic mass is 127. The fourth-order valence-corrected chi connectivity index (χ4v) is 2.91. The molecule has 96 valence electrons. The number of nitrogens with two attached hydrogens (primary N) is 1. The molecule has 0 aliphatic heterocycles. The number of rotatable bonds is 3. The molecule has 1 heterocycles. The first-order valence-electron chi connectivity index (χ1n) is 5.46. The van der Waals surface area contributed by atoms with Crippen molar-refractivity contribution in [2.24, 2.45) is 5.73 Å². The third-order valence-electron chi connectivity index (χ3n) is 2.72. The molecule has 0 bridgehead atoms. The Morgan fingerprint density at radius 3 is 2.89 bits per heavy atom. The molecular weight excluding hydrogens is 368 g/mol. The van der Waals surface area contributed by atoms with E-state index < -0.39 is 6.04 Å². The quantitative estimate of drug-likeness (QED) is 0.831. The third-order valence-corrected chi connectivity index (χ3v) is 3.95. The maximum Gasteiger partial charge on any atom is 0.124 e. The molecule has 0 saturated heterocycles. The van der Waals surface area contributed by atoms with Gasteiger partial charge in [-0.15, -0.1) is 0 Å². The Morgan fingerprint density at radius 1 is 1.56 bits per heavy atom. The van der Waals surface area contributed by atoms with Crippen molar-refractivity contribution < 1.29 is 4.39 Å². The summed E-state index contributed by atoms with van der Waals surface area (Å²) in [5.74, 6) is -0.273. The SMILES string of the molecule is CCn1ncc(Cl)c1C(N)c1ccc(F)cc1I. The highest BCUT2D eigenvalue weighted by Crippen LogP contribution is 2.29. The molecule has 6 heteroatoms. The standard InChI is InChI=1S/C12H12ClFIN3/c1-2-18-12(9(13)6-17-18)11(16)8-4-3-7(14)5-10(8)15/h3-6,11H,2,16H2,1H3. The summed E-state index contributed by atoms with van der Waals surface area (Å²) in [4.78, 5) is 0. The van der Waals surface area contributed by atoms with Gasteiger partial charge in [0.05, 0.1) is 23.0 Å². The molecule has 0 fully saturated rings. The van der Waals surface area contributed by atoms with Crippen LogP contribution in [0.1, 0.15) is 24.2 Å². The molecule has 2 aromatic rings. The van der Waals surface area contributed by atoms with E-state index in [-0.39, 0.29) is 5.82 Å².